The minimum absolute atomic E-state index is 0.0114. The van der Waals surface area contributed by atoms with Crippen LogP contribution in [-0.2, 0) is 9.59 Å². The highest BCUT2D eigenvalue weighted by molar-refractivity contribution is 5.76. The zero-order valence-corrected chi connectivity index (χ0v) is 9.24. The summed E-state index contributed by atoms with van der Waals surface area (Å²) < 4.78 is 0. The Kier molecular flexibility index (Phi) is 6.64. The zero-order valence-electron chi connectivity index (χ0n) is 9.24. The Hall–Kier alpha value is -1.83. The highest BCUT2D eigenvalue weighted by atomic mass is 16.4. The van der Waals surface area contributed by atoms with Gasteiger partial charge in [-0.1, -0.05) is 0 Å². The van der Waals surface area contributed by atoms with E-state index in [2.05, 4.69) is 4.99 Å². The molecule has 0 aliphatic carbocycles. The molecule has 17 heavy (non-hydrogen) atoms. The number of nitrogens with zero attached hydrogens (tertiary/aromatic N) is 1. The lowest BCUT2D eigenvalue weighted by Gasteiger charge is -2.15. The maximum Gasteiger partial charge on any atom is 0.305 e. The fraction of sp³-hybridized carbons (Fsp3) is 0.667. The largest absolute Gasteiger partial charge is 0.481 e. The average molecular weight is 247 g/mol. The zero-order chi connectivity index (χ0) is 13.4. The van der Waals surface area contributed by atoms with Gasteiger partial charge in [-0.15, -0.1) is 0 Å². The smallest absolute Gasteiger partial charge is 0.305 e. The van der Waals surface area contributed by atoms with E-state index in [1.807, 2.05) is 0 Å². The molecular formula is C9H17N3O5. The molecule has 8 nitrogen and oxygen atoms in total. The summed E-state index contributed by atoms with van der Waals surface area (Å²) in [6.45, 7) is 0. The van der Waals surface area contributed by atoms with Crippen LogP contribution in [0.4, 0.5) is 0 Å². The summed E-state index contributed by atoms with van der Waals surface area (Å²) in [5.74, 6) is -2.37. The monoisotopic (exact) mass is 247 g/mol. The first-order valence-corrected chi connectivity index (χ1v) is 5.01. The molecule has 7 N–H and O–H groups in total. The number of carbonyl (C=O) groups is 2. The summed E-state index contributed by atoms with van der Waals surface area (Å²) in [6.07, 6.45) is -1.53. The number of aliphatic imine (C=N–C) groups is 1. The van der Waals surface area contributed by atoms with Crippen LogP contribution in [0, 0.1) is 0 Å². The molecule has 0 aliphatic heterocycles. The first-order chi connectivity index (χ1) is 7.81. The van der Waals surface area contributed by atoms with Crippen LogP contribution < -0.4 is 11.5 Å². The van der Waals surface area contributed by atoms with Crippen LogP contribution in [0.2, 0.25) is 0 Å². The molecule has 0 spiro atoms. The van der Waals surface area contributed by atoms with Gasteiger partial charge in [-0.25, -0.2) is 0 Å². The number of hydrogen-bond acceptors (Lipinski definition) is 4. The van der Waals surface area contributed by atoms with E-state index in [-0.39, 0.29) is 25.2 Å². The van der Waals surface area contributed by atoms with Crippen molar-refractivity contribution in [2.45, 2.75) is 37.8 Å². The number of aliphatic hydroxyl groups is 1. The number of carboxylic acid groups (broad SMARTS) is 2. The Morgan fingerprint density at radius 1 is 1.18 bits per heavy atom. The second kappa shape index (κ2) is 7.44. The third kappa shape index (κ3) is 9.12. The molecule has 0 aromatic carbocycles. The van der Waals surface area contributed by atoms with Gasteiger partial charge in [0.2, 0.25) is 0 Å². The van der Waals surface area contributed by atoms with E-state index >= 15 is 0 Å². The van der Waals surface area contributed by atoms with Crippen molar-refractivity contribution in [1.82, 2.24) is 0 Å². The van der Waals surface area contributed by atoms with Gasteiger partial charge in [0, 0.05) is 6.42 Å². The Morgan fingerprint density at radius 2 is 1.76 bits per heavy atom. The minimum Gasteiger partial charge on any atom is -0.481 e. The molecule has 0 rings (SSSR count). The van der Waals surface area contributed by atoms with Crippen molar-refractivity contribution in [3.8, 4) is 0 Å². The van der Waals surface area contributed by atoms with E-state index in [1.54, 1.807) is 0 Å². The molecule has 0 aromatic rings. The van der Waals surface area contributed by atoms with Crippen molar-refractivity contribution in [3.63, 3.8) is 0 Å². The maximum absolute atomic E-state index is 10.4. The van der Waals surface area contributed by atoms with Crippen molar-refractivity contribution in [1.29, 1.82) is 0 Å². The molecular weight excluding hydrogens is 230 g/mol. The van der Waals surface area contributed by atoms with E-state index in [9.17, 15) is 14.7 Å². The highest BCUT2D eigenvalue weighted by Crippen LogP contribution is 2.12. The van der Waals surface area contributed by atoms with E-state index in [4.69, 9.17) is 21.7 Å². The van der Waals surface area contributed by atoms with E-state index in [0.717, 1.165) is 0 Å². The quantitative estimate of drug-likeness (QED) is 0.263. The van der Waals surface area contributed by atoms with Crippen molar-refractivity contribution in [2.75, 3.05) is 0 Å². The van der Waals surface area contributed by atoms with Crippen LogP contribution in [0.3, 0.4) is 0 Å². The van der Waals surface area contributed by atoms with Crippen molar-refractivity contribution in [2.24, 2.45) is 16.5 Å². The molecule has 2 unspecified atom stereocenters. The number of guanidine groups is 1. The molecule has 98 valence electrons. The van der Waals surface area contributed by atoms with E-state index in [0.29, 0.717) is 0 Å². The molecule has 0 aliphatic rings. The fourth-order valence-corrected chi connectivity index (χ4v) is 1.33. The molecule has 0 bridgehead atoms. The van der Waals surface area contributed by atoms with Gasteiger partial charge in [-0.3, -0.25) is 14.6 Å². The number of rotatable bonds is 8. The van der Waals surface area contributed by atoms with Crippen LogP contribution in [-0.4, -0.2) is 45.4 Å². The highest BCUT2D eigenvalue weighted by Gasteiger charge is 2.17. The summed E-state index contributed by atoms with van der Waals surface area (Å²) in [7, 11) is 0. The predicted octanol–water partition coefficient (Wildman–Crippen LogP) is -1.28. The number of nitrogens with two attached hydrogens (primary N) is 2. The van der Waals surface area contributed by atoms with Crippen molar-refractivity contribution < 1.29 is 24.9 Å². The third-order valence-electron chi connectivity index (χ3n) is 1.98. The molecule has 0 radical (unpaired) electrons. The number of aliphatic carboxylic acids is 2. The number of carboxylic acids is 2. The lowest BCUT2D eigenvalue weighted by Crippen LogP contribution is -2.28. The normalized spacial score (nSPS) is 13.7. The van der Waals surface area contributed by atoms with Crippen LogP contribution in [0.1, 0.15) is 25.7 Å². The molecule has 0 amide bonds. The third-order valence-corrected chi connectivity index (χ3v) is 1.98. The molecule has 8 heteroatoms. The molecule has 0 fully saturated rings. The van der Waals surface area contributed by atoms with E-state index in [1.165, 1.54) is 0 Å². The van der Waals surface area contributed by atoms with Crippen molar-refractivity contribution in [3.05, 3.63) is 0 Å². The molecule has 0 saturated carbocycles. The van der Waals surface area contributed by atoms with Crippen molar-refractivity contribution >= 4 is 17.9 Å². The summed E-state index contributed by atoms with van der Waals surface area (Å²) in [5, 5.41) is 26.4. The second-order valence-electron chi connectivity index (χ2n) is 3.63. The Morgan fingerprint density at radius 3 is 2.18 bits per heavy atom. The lowest BCUT2D eigenvalue weighted by atomic mass is 10.0. The standard InChI is InChI=1S/C9H17N3O5/c10-9(11)12-5(1-2-7(14)15)3-6(13)4-8(16)17/h5-6,13H,1-4H2,(H,14,15)(H,16,17)(H4,10,11,12). The Balaban J connectivity index is 4.32. The van der Waals surface area contributed by atoms with Crippen LogP contribution in [0.5, 0.6) is 0 Å². The van der Waals surface area contributed by atoms with Gasteiger partial charge in [0.15, 0.2) is 5.96 Å². The van der Waals surface area contributed by atoms with Gasteiger partial charge in [-0.05, 0) is 12.8 Å². The van der Waals surface area contributed by atoms with Crippen LogP contribution in [0.15, 0.2) is 4.99 Å². The second-order valence-corrected chi connectivity index (χ2v) is 3.63. The summed E-state index contributed by atoms with van der Waals surface area (Å²) in [4.78, 5) is 24.5. The Bertz CT molecular complexity index is 301. The molecule has 0 heterocycles. The summed E-state index contributed by atoms with van der Waals surface area (Å²) in [5.41, 5.74) is 10.3. The number of hydrogen-bond donors (Lipinski definition) is 5. The van der Waals surface area contributed by atoms with Gasteiger partial charge in [0.05, 0.1) is 18.6 Å². The molecule has 0 aromatic heterocycles. The summed E-state index contributed by atoms with van der Waals surface area (Å²) in [6, 6.07) is -0.592. The fourth-order valence-electron chi connectivity index (χ4n) is 1.33. The van der Waals surface area contributed by atoms with Gasteiger partial charge < -0.3 is 26.8 Å². The van der Waals surface area contributed by atoms with Gasteiger partial charge >= 0.3 is 11.9 Å². The summed E-state index contributed by atoms with van der Waals surface area (Å²) >= 11 is 0. The predicted molar refractivity (Wildman–Crippen MR) is 59.3 cm³/mol. The van der Waals surface area contributed by atoms with Crippen LogP contribution in [0.25, 0.3) is 0 Å². The topological polar surface area (TPSA) is 159 Å². The first-order valence-electron chi connectivity index (χ1n) is 5.01. The SMILES string of the molecule is NC(N)=NC(CCC(=O)O)CC(O)CC(=O)O. The molecule has 2 atom stereocenters. The Labute approximate surface area is 97.9 Å². The van der Waals surface area contributed by atoms with E-state index < -0.39 is 30.5 Å². The van der Waals surface area contributed by atoms with Gasteiger partial charge in [0.1, 0.15) is 0 Å². The lowest BCUT2D eigenvalue weighted by molar-refractivity contribution is -0.140. The molecule has 0 saturated heterocycles. The van der Waals surface area contributed by atoms with Gasteiger partial charge in [-0.2, -0.15) is 0 Å². The number of aliphatic hydroxyl groups excluding tert-OH is 1. The average Bonchev–Trinajstić information content (AvgIpc) is 2.11. The maximum atomic E-state index is 10.4. The van der Waals surface area contributed by atoms with Crippen LogP contribution >= 0.6 is 0 Å². The van der Waals surface area contributed by atoms with Gasteiger partial charge in [0.25, 0.3) is 0 Å². The first kappa shape index (κ1) is 15.2. The minimum atomic E-state index is -1.14.